The summed E-state index contributed by atoms with van der Waals surface area (Å²) in [5, 5.41) is 0. The molecule has 0 aliphatic heterocycles. The summed E-state index contributed by atoms with van der Waals surface area (Å²) in [5.74, 6) is 1.08. The van der Waals surface area contributed by atoms with Gasteiger partial charge in [0.1, 0.15) is 11.6 Å². The zero-order chi connectivity index (χ0) is 16.3. The minimum atomic E-state index is -4.41. The lowest BCUT2D eigenvalue weighted by atomic mass is 10.2. The van der Waals surface area contributed by atoms with Gasteiger partial charge in [0.2, 0.25) is 5.51 Å². The lowest BCUT2D eigenvalue weighted by Crippen LogP contribution is -3.00. The van der Waals surface area contributed by atoms with Gasteiger partial charge >= 0.3 is 7.82 Å². The van der Waals surface area contributed by atoms with Crippen LogP contribution >= 0.6 is 31.6 Å². The van der Waals surface area contributed by atoms with Gasteiger partial charge in [0.15, 0.2) is 12.2 Å². The second kappa shape index (κ2) is 12.5. The van der Waals surface area contributed by atoms with Crippen LogP contribution in [0.3, 0.4) is 0 Å². The molecule has 2 heterocycles. The Balaban J connectivity index is -0.00000132. The number of nitrogens with zero attached hydrogens (tertiary/aromatic N) is 3. The summed E-state index contributed by atoms with van der Waals surface area (Å²) < 4.78 is 17.1. The normalized spacial score (nSPS) is 10.0. The van der Waals surface area contributed by atoms with Gasteiger partial charge in [0.05, 0.1) is 17.0 Å². The molecule has 0 aromatic carbocycles. The minimum absolute atomic E-state index is 0. The van der Waals surface area contributed by atoms with E-state index in [9.17, 15) is 4.57 Å². The molecule has 26 heavy (non-hydrogen) atoms. The number of halogens is 2. The van der Waals surface area contributed by atoms with Crippen molar-refractivity contribution in [3.8, 4) is 0 Å². The number of nitrogens with two attached hydrogens (primary N) is 1. The summed E-state index contributed by atoms with van der Waals surface area (Å²) in [7, 11) is -4.41. The Morgan fingerprint density at radius 1 is 1.35 bits per heavy atom. The molecule has 0 unspecified atom stereocenters. The van der Waals surface area contributed by atoms with Crippen LogP contribution in [-0.2, 0) is 22.1 Å². The molecule has 0 aliphatic carbocycles. The van der Waals surface area contributed by atoms with Gasteiger partial charge in [-0.3, -0.25) is 4.52 Å². The molecule has 0 amide bonds. The van der Waals surface area contributed by atoms with Crippen LogP contribution in [0, 0.1) is 13.8 Å². The average molecular weight is 453 g/mol. The second-order valence-corrected chi connectivity index (χ2v) is 6.94. The Bertz CT molecular complexity index is 730. The highest BCUT2D eigenvalue weighted by Crippen LogP contribution is 2.35. The van der Waals surface area contributed by atoms with Crippen molar-refractivity contribution in [3.63, 3.8) is 0 Å². The molecule has 2 aromatic heterocycles. The Labute approximate surface area is 167 Å². The first-order chi connectivity index (χ1) is 10.3. The van der Waals surface area contributed by atoms with Crippen LogP contribution in [0.25, 0.3) is 0 Å². The summed E-state index contributed by atoms with van der Waals surface area (Å²) in [6, 6.07) is 0. The van der Waals surface area contributed by atoms with E-state index < -0.39 is 7.82 Å². The molecular formula is C12H23Cl2N4O6PS. The van der Waals surface area contributed by atoms with Crippen molar-refractivity contribution in [3.05, 3.63) is 33.7 Å². The van der Waals surface area contributed by atoms with E-state index in [2.05, 4.69) is 14.5 Å². The maximum Gasteiger partial charge on any atom is 0.469 e. The molecule has 2 aromatic rings. The van der Waals surface area contributed by atoms with Crippen LogP contribution in [0.2, 0.25) is 0 Å². The number of aryl methyl sites for hydroxylation is 1. The van der Waals surface area contributed by atoms with Crippen LogP contribution in [0.1, 0.15) is 22.0 Å². The Hall–Kier alpha value is -0.880. The molecular weight excluding hydrogens is 430 g/mol. The first-order valence-electron chi connectivity index (χ1n) is 6.51. The summed E-state index contributed by atoms with van der Waals surface area (Å²) >= 11 is 1.50. The molecule has 0 radical (unpaired) electrons. The third kappa shape index (κ3) is 8.67. The highest BCUT2D eigenvalue weighted by Gasteiger charge is 2.19. The van der Waals surface area contributed by atoms with Crippen molar-refractivity contribution in [2.45, 2.75) is 26.8 Å². The zero-order valence-electron chi connectivity index (χ0n) is 14.0. The van der Waals surface area contributed by atoms with Gasteiger partial charge in [-0.1, -0.05) is 11.3 Å². The van der Waals surface area contributed by atoms with Crippen molar-refractivity contribution in [2.24, 2.45) is 0 Å². The summed E-state index contributed by atoms with van der Waals surface area (Å²) in [6.07, 6.45) is 2.15. The molecule has 0 atom stereocenters. The predicted octanol–water partition coefficient (Wildman–Crippen LogP) is -3.50. The number of nitrogen functional groups attached to an aromatic ring is 1. The molecule has 0 saturated heterocycles. The summed E-state index contributed by atoms with van der Waals surface area (Å²) in [4.78, 5) is 26.6. The molecule has 152 valence electrons. The van der Waals surface area contributed by atoms with Crippen molar-refractivity contribution in [1.29, 1.82) is 0 Å². The van der Waals surface area contributed by atoms with Crippen LogP contribution in [0.5, 0.6) is 0 Å². The molecule has 14 heteroatoms. The van der Waals surface area contributed by atoms with Crippen molar-refractivity contribution >= 4 is 37.4 Å². The lowest BCUT2D eigenvalue weighted by molar-refractivity contribution is -0.689. The van der Waals surface area contributed by atoms with Gasteiger partial charge in [0, 0.05) is 19.5 Å². The van der Waals surface area contributed by atoms with E-state index in [1.54, 1.807) is 13.1 Å². The van der Waals surface area contributed by atoms with Crippen molar-refractivity contribution in [2.75, 3.05) is 12.3 Å². The van der Waals surface area contributed by atoms with E-state index in [-0.39, 0.29) is 42.4 Å². The fourth-order valence-electron chi connectivity index (χ4n) is 1.92. The van der Waals surface area contributed by atoms with Crippen LogP contribution < -0.4 is 22.7 Å². The van der Waals surface area contributed by atoms with Gasteiger partial charge in [0.25, 0.3) is 0 Å². The molecule has 2 rings (SSSR count). The number of phosphoric ester groups is 1. The fraction of sp³-hybridized carbons (Fsp3) is 0.417. The van der Waals surface area contributed by atoms with Gasteiger partial charge in [-0.25, -0.2) is 14.5 Å². The van der Waals surface area contributed by atoms with Gasteiger partial charge < -0.3 is 38.9 Å². The van der Waals surface area contributed by atoms with Gasteiger partial charge in [-0.2, -0.15) is 4.57 Å². The Morgan fingerprint density at radius 3 is 2.50 bits per heavy atom. The SMILES string of the molecule is Cc1ncc(C[n+]2csc(CCOP(=O)(O)O)c2C)c(N)n1.Cl.O.O.[Cl-]. The number of hydrogen-bond donors (Lipinski definition) is 3. The molecule has 0 aliphatic rings. The minimum Gasteiger partial charge on any atom is -1.00 e. The average Bonchev–Trinajstić information content (AvgIpc) is 2.73. The van der Waals surface area contributed by atoms with Crippen LogP contribution in [-0.4, -0.2) is 37.3 Å². The Morgan fingerprint density at radius 2 is 1.96 bits per heavy atom. The van der Waals surface area contributed by atoms with E-state index in [0.29, 0.717) is 24.6 Å². The zero-order valence-corrected chi connectivity index (χ0v) is 17.3. The number of phosphoric acid groups is 1. The second-order valence-electron chi connectivity index (χ2n) is 4.76. The third-order valence-corrected chi connectivity index (χ3v) is 4.77. The van der Waals surface area contributed by atoms with Gasteiger partial charge in [-0.15, -0.1) is 12.4 Å². The van der Waals surface area contributed by atoms with E-state index in [1.807, 2.05) is 17.0 Å². The lowest BCUT2D eigenvalue weighted by Gasteiger charge is -2.04. The molecule has 0 spiro atoms. The largest absolute Gasteiger partial charge is 1.00 e. The van der Waals surface area contributed by atoms with Crippen LogP contribution in [0.4, 0.5) is 5.82 Å². The highest BCUT2D eigenvalue weighted by molar-refractivity contribution is 7.46. The highest BCUT2D eigenvalue weighted by atomic mass is 35.5. The van der Waals surface area contributed by atoms with E-state index >= 15 is 0 Å². The smallest absolute Gasteiger partial charge is 0.469 e. The standard InChI is InChI=1S/C12H17N4O4PS.2ClH.2H2O/c1-8-11(3-4-20-21(17,18)19)22-7-16(8)6-10-5-14-9(2)15-12(10)13;;;;/h5,7H,3-4,6H2,1-2H3,(H3-,13,14,15,17,18,19);2*1H;2*1H2. The monoisotopic (exact) mass is 452 g/mol. The van der Waals surface area contributed by atoms with Crippen molar-refractivity contribution < 1.29 is 46.8 Å². The maximum atomic E-state index is 10.7. The summed E-state index contributed by atoms with van der Waals surface area (Å²) in [6.45, 7) is 4.24. The van der Waals surface area contributed by atoms with E-state index in [4.69, 9.17) is 15.5 Å². The molecule has 10 nitrogen and oxygen atoms in total. The molecule has 0 bridgehead atoms. The number of rotatable bonds is 6. The van der Waals surface area contributed by atoms with E-state index in [1.165, 1.54) is 11.3 Å². The predicted molar refractivity (Wildman–Crippen MR) is 95.7 cm³/mol. The first-order valence-corrected chi connectivity index (χ1v) is 8.92. The van der Waals surface area contributed by atoms with Gasteiger partial charge in [-0.05, 0) is 6.92 Å². The molecule has 0 saturated carbocycles. The van der Waals surface area contributed by atoms with Crippen molar-refractivity contribution in [1.82, 2.24) is 9.97 Å². The topological polar surface area (TPSA) is 185 Å². The number of aromatic nitrogens is 3. The molecule has 0 fully saturated rings. The summed E-state index contributed by atoms with van der Waals surface area (Å²) in [5.41, 5.74) is 9.65. The fourth-order valence-corrected chi connectivity index (χ4v) is 3.23. The van der Waals surface area contributed by atoms with E-state index in [0.717, 1.165) is 16.1 Å². The maximum absolute atomic E-state index is 10.7. The Kier molecular flexibility index (Phi) is 14.4. The van der Waals surface area contributed by atoms with Crippen LogP contribution in [0.15, 0.2) is 11.7 Å². The number of thiazole rings is 1. The quantitative estimate of drug-likeness (QED) is 0.299. The third-order valence-electron chi connectivity index (χ3n) is 3.10. The number of anilines is 1. The first kappa shape index (κ1) is 29.9. The number of hydrogen-bond acceptors (Lipinski definition) is 6. The molecule has 8 N–H and O–H groups in total.